The van der Waals surface area contributed by atoms with Crippen molar-refractivity contribution in [1.82, 2.24) is 5.32 Å². The summed E-state index contributed by atoms with van der Waals surface area (Å²) in [5.41, 5.74) is 0.790. The molecular weight excluding hydrogens is 293 g/mol. The maximum atomic E-state index is 13.7. The highest BCUT2D eigenvalue weighted by Gasteiger charge is 2.13. The smallest absolute Gasteiger partial charge is 0.126 e. The van der Waals surface area contributed by atoms with Crippen LogP contribution in [0.2, 0.25) is 0 Å². The van der Waals surface area contributed by atoms with Crippen LogP contribution in [-0.4, -0.2) is 12.1 Å². The molecule has 1 N–H and O–H groups in total. The lowest BCUT2D eigenvalue weighted by Crippen LogP contribution is -2.36. The van der Waals surface area contributed by atoms with Gasteiger partial charge in [-0.25, -0.2) is 4.39 Å². The third-order valence-electron chi connectivity index (χ3n) is 2.95. The van der Waals surface area contributed by atoms with E-state index < -0.39 is 0 Å². The van der Waals surface area contributed by atoms with E-state index >= 15 is 0 Å². The van der Waals surface area contributed by atoms with E-state index in [4.69, 9.17) is 0 Å². The molecule has 0 heterocycles. The Bertz CT molecular complexity index is 366. The predicted octanol–water partition coefficient (Wildman–Crippen LogP) is 4.69. The summed E-state index contributed by atoms with van der Waals surface area (Å²) >= 11 is 3.40. The van der Waals surface area contributed by atoms with Crippen LogP contribution in [-0.2, 0) is 6.42 Å². The third-order valence-corrected chi connectivity index (χ3v) is 3.44. The normalized spacial score (nSPS) is 13.0. The third kappa shape index (κ3) is 5.49. The van der Waals surface area contributed by atoms with E-state index in [0.29, 0.717) is 12.1 Å². The molecule has 1 aromatic rings. The van der Waals surface area contributed by atoms with Gasteiger partial charge < -0.3 is 5.32 Å². The Balaban J connectivity index is 2.71. The molecule has 0 saturated carbocycles. The molecule has 1 aromatic carbocycles. The minimum Gasteiger partial charge on any atom is -0.311 e. The SMILES string of the molecule is CCCCC(Cc1cc(Br)ccc1F)NC(C)C. The second kappa shape index (κ2) is 7.90. The second-order valence-electron chi connectivity index (χ2n) is 5.10. The number of unbranched alkanes of at least 4 members (excludes halogenated alkanes) is 1. The zero-order valence-electron chi connectivity index (χ0n) is 11.5. The van der Waals surface area contributed by atoms with Crippen molar-refractivity contribution in [1.29, 1.82) is 0 Å². The summed E-state index contributed by atoms with van der Waals surface area (Å²) in [5.74, 6) is -0.106. The molecule has 1 rings (SSSR count). The minimum absolute atomic E-state index is 0.106. The van der Waals surface area contributed by atoms with Crippen molar-refractivity contribution in [2.75, 3.05) is 0 Å². The van der Waals surface area contributed by atoms with Gasteiger partial charge in [-0.2, -0.15) is 0 Å². The van der Waals surface area contributed by atoms with Crippen LogP contribution in [0.4, 0.5) is 4.39 Å². The fraction of sp³-hybridized carbons (Fsp3) is 0.600. The maximum absolute atomic E-state index is 13.7. The molecule has 0 spiro atoms. The van der Waals surface area contributed by atoms with Gasteiger partial charge >= 0.3 is 0 Å². The fourth-order valence-corrected chi connectivity index (χ4v) is 2.54. The summed E-state index contributed by atoms with van der Waals surface area (Å²) in [4.78, 5) is 0. The lowest BCUT2D eigenvalue weighted by Gasteiger charge is -2.21. The monoisotopic (exact) mass is 315 g/mol. The van der Waals surface area contributed by atoms with E-state index in [2.05, 4.69) is 42.0 Å². The number of nitrogens with one attached hydrogen (secondary N) is 1. The van der Waals surface area contributed by atoms with Gasteiger partial charge in [-0.1, -0.05) is 49.5 Å². The highest BCUT2D eigenvalue weighted by molar-refractivity contribution is 9.10. The van der Waals surface area contributed by atoms with Crippen molar-refractivity contribution in [2.45, 2.75) is 58.5 Å². The van der Waals surface area contributed by atoms with Crippen LogP contribution in [0.5, 0.6) is 0 Å². The molecule has 0 saturated heterocycles. The van der Waals surface area contributed by atoms with Crippen molar-refractivity contribution >= 4 is 15.9 Å². The van der Waals surface area contributed by atoms with E-state index in [1.54, 1.807) is 6.07 Å². The first-order chi connectivity index (χ1) is 8.52. The fourth-order valence-electron chi connectivity index (χ4n) is 2.13. The molecule has 0 amide bonds. The molecule has 1 unspecified atom stereocenters. The van der Waals surface area contributed by atoms with E-state index in [0.717, 1.165) is 22.9 Å². The summed E-state index contributed by atoms with van der Waals surface area (Å²) in [6.07, 6.45) is 4.21. The summed E-state index contributed by atoms with van der Waals surface area (Å²) in [7, 11) is 0. The zero-order chi connectivity index (χ0) is 13.5. The van der Waals surface area contributed by atoms with E-state index in [1.165, 1.54) is 18.9 Å². The number of benzene rings is 1. The lowest BCUT2D eigenvalue weighted by atomic mass is 10.00. The van der Waals surface area contributed by atoms with Crippen LogP contribution >= 0.6 is 15.9 Å². The molecule has 1 nitrogen and oxygen atoms in total. The molecular formula is C15H23BrFN. The van der Waals surface area contributed by atoms with Gasteiger partial charge in [-0.05, 0) is 36.6 Å². The zero-order valence-corrected chi connectivity index (χ0v) is 13.1. The van der Waals surface area contributed by atoms with Crippen molar-refractivity contribution in [3.8, 4) is 0 Å². The van der Waals surface area contributed by atoms with Crippen molar-refractivity contribution in [2.24, 2.45) is 0 Å². The van der Waals surface area contributed by atoms with Gasteiger partial charge in [0.25, 0.3) is 0 Å². The van der Waals surface area contributed by atoms with Crippen molar-refractivity contribution in [3.05, 3.63) is 34.1 Å². The number of halogens is 2. The summed E-state index contributed by atoms with van der Waals surface area (Å²) in [5, 5.41) is 3.53. The molecule has 0 aliphatic heterocycles. The molecule has 0 radical (unpaired) electrons. The molecule has 0 bridgehead atoms. The molecule has 0 aliphatic carbocycles. The highest BCUT2D eigenvalue weighted by atomic mass is 79.9. The van der Waals surface area contributed by atoms with Gasteiger partial charge in [0.1, 0.15) is 5.82 Å². The Morgan fingerprint density at radius 3 is 2.67 bits per heavy atom. The summed E-state index contributed by atoms with van der Waals surface area (Å²) < 4.78 is 14.7. The Kier molecular flexibility index (Phi) is 6.87. The van der Waals surface area contributed by atoms with Crippen LogP contribution in [0, 0.1) is 5.82 Å². The first-order valence-electron chi connectivity index (χ1n) is 6.73. The largest absolute Gasteiger partial charge is 0.311 e. The van der Waals surface area contributed by atoms with Gasteiger partial charge in [0.05, 0.1) is 0 Å². The predicted molar refractivity (Wildman–Crippen MR) is 79.4 cm³/mol. The average molecular weight is 316 g/mol. The van der Waals surface area contributed by atoms with Crippen molar-refractivity contribution < 1.29 is 4.39 Å². The van der Waals surface area contributed by atoms with Gasteiger partial charge in [-0.15, -0.1) is 0 Å². The van der Waals surface area contributed by atoms with E-state index in [9.17, 15) is 4.39 Å². The molecule has 0 fully saturated rings. The quantitative estimate of drug-likeness (QED) is 0.769. The van der Waals surface area contributed by atoms with Crippen LogP contribution < -0.4 is 5.32 Å². The topological polar surface area (TPSA) is 12.0 Å². The number of hydrogen-bond acceptors (Lipinski definition) is 1. The van der Waals surface area contributed by atoms with E-state index in [1.807, 2.05) is 6.07 Å². The van der Waals surface area contributed by atoms with Crippen LogP contribution in [0.3, 0.4) is 0 Å². The van der Waals surface area contributed by atoms with Gasteiger partial charge in [0.15, 0.2) is 0 Å². The lowest BCUT2D eigenvalue weighted by molar-refractivity contribution is 0.419. The number of hydrogen-bond donors (Lipinski definition) is 1. The molecule has 18 heavy (non-hydrogen) atoms. The molecule has 3 heteroatoms. The molecule has 0 aromatic heterocycles. The average Bonchev–Trinajstić information content (AvgIpc) is 2.30. The standard InChI is InChI=1S/C15H23BrFN/c1-4-5-6-14(18-11(2)3)10-12-9-13(16)7-8-15(12)17/h7-9,11,14,18H,4-6,10H2,1-3H3. The summed E-state index contributed by atoms with van der Waals surface area (Å²) in [6.45, 7) is 6.46. The molecule has 102 valence electrons. The first-order valence-corrected chi connectivity index (χ1v) is 7.52. The van der Waals surface area contributed by atoms with Gasteiger partial charge in [-0.3, -0.25) is 0 Å². The van der Waals surface area contributed by atoms with E-state index in [-0.39, 0.29) is 5.82 Å². The van der Waals surface area contributed by atoms with Crippen LogP contribution in [0.15, 0.2) is 22.7 Å². The van der Waals surface area contributed by atoms with Crippen molar-refractivity contribution in [3.63, 3.8) is 0 Å². The van der Waals surface area contributed by atoms with Gasteiger partial charge in [0.2, 0.25) is 0 Å². The minimum atomic E-state index is -0.106. The van der Waals surface area contributed by atoms with Gasteiger partial charge in [0, 0.05) is 16.6 Å². The second-order valence-corrected chi connectivity index (χ2v) is 6.02. The first kappa shape index (κ1) is 15.6. The molecule has 1 atom stereocenters. The Morgan fingerprint density at radius 1 is 1.33 bits per heavy atom. The number of rotatable bonds is 7. The highest BCUT2D eigenvalue weighted by Crippen LogP contribution is 2.18. The van der Waals surface area contributed by atoms with Crippen LogP contribution in [0.1, 0.15) is 45.6 Å². The Labute approximate surface area is 118 Å². The Morgan fingerprint density at radius 2 is 2.06 bits per heavy atom. The summed E-state index contributed by atoms with van der Waals surface area (Å²) in [6, 6.07) is 5.95. The maximum Gasteiger partial charge on any atom is 0.126 e. The Hall–Kier alpha value is -0.410. The molecule has 0 aliphatic rings. The van der Waals surface area contributed by atoms with Crippen LogP contribution in [0.25, 0.3) is 0 Å².